The van der Waals surface area contributed by atoms with Crippen molar-refractivity contribution >= 4 is 23.0 Å². The quantitative estimate of drug-likeness (QED) is 0.718. The van der Waals surface area contributed by atoms with Crippen LogP contribution in [-0.2, 0) is 6.18 Å². The fraction of sp³-hybridized carbons (Fsp3) is 0.211. The first-order valence-electron chi connectivity index (χ1n) is 8.59. The molecule has 2 N–H and O–H groups in total. The van der Waals surface area contributed by atoms with E-state index in [2.05, 4.69) is 15.6 Å². The molecule has 28 heavy (non-hydrogen) atoms. The first-order chi connectivity index (χ1) is 13.3. The third-order valence-corrected chi connectivity index (χ3v) is 4.33. The number of nitrogens with zero attached hydrogens (tertiary/aromatic N) is 2. The number of rotatable bonds is 4. The number of anilines is 1. The summed E-state index contributed by atoms with van der Waals surface area (Å²) in [6, 6.07) is 9.43. The molecule has 9 heteroatoms. The first-order valence-corrected chi connectivity index (χ1v) is 8.59. The van der Waals surface area contributed by atoms with Gasteiger partial charge in [-0.1, -0.05) is 12.1 Å². The molecule has 2 heterocycles. The summed E-state index contributed by atoms with van der Waals surface area (Å²) in [5, 5.41) is 5.23. The molecule has 0 atom stereocenters. The highest BCUT2D eigenvalue weighted by atomic mass is 19.4. The van der Waals surface area contributed by atoms with Crippen LogP contribution in [0.25, 0.3) is 5.52 Å². The van der Waals surface area contributed by atoms with Gasteiger partial charge in [0.25, 0.3) is 11.8 Å². The molecule has 6 nitrogen and oxygen atoms in total. The van der Waals surface area contributed by atoms with Crippen molar-refractivity contribution in [3.8, 4) is 0 Å². The number of hydrogen-bond donors (Lipinski definition) is 2. The molecule has 144 valence electrons. The van der Waals surface area contributed by atoms with E-state index in [0.29, 0.717) is 5.52 Å². The van der Waals surface area contributed by atoms with Gasteiger partial charge in [-0.3, -0.25) is 14.0 Å². The van der Waals surface area contributed by atoms with Crippen molar-refractivity contribution < 1.29 is 22.8 Å². The van der Waals surface area contributed by atoms with E-state index in [0.717, 1.165) is 25.0 Å². The Morgan fingerprint density at radius 3 is 2.57 bits per heavy atom. The van der Waals surface area contributed by atoms with Gasteiger partial charge >= 0.3 is 6.18 Å². The van der Waals surface area contributed by atoms with Crippen LogP contribution >= 0.6 is 0 Å². The molecule has 0 spiro atoms. The summed E-state index contributed by atoms with van der Waals surface area (Å²) in [6.07, 6.45) is -1.11. The van der Waals surface area contributed by atoms with Crippen LogP contribution in [0.1, 0.15) is 39.5 Å². The highest BCUT2D eigenvalue weighted by Gasteiger charge is 2.31. The third kappa shape index (κ3) is 3.55. The highest BCUT2D eigenvalue weighted by Crippen LogP contribution is 2.30. The second-order valence-corrected chi connectivity index (χ2v) is 6.52. The van der Waals surface area contributed by atoms with Crippen LogP contribution in [0.5, 0.6) is 0 Å². The number of pyridine rings is 1. The largest absolute Gasteiger partial charge is 0.416 e. The number of alkyl halides is 3. The van der Waals surface area contributed by atoms with Gasteiger partial charge in [-0.15, -0.1) is 0 Å². The SMILES string of the molecule is O=C(Nc1cccc(C(F)(F)F)c1)c1nc(C(=O)NC2CC2)n2ccccc12. The summed E-state index contributed by atoms with van der Waals surface area (Å²) in [7, 11) is 0. The van der Waals surface area contributed by atoms with Gasteiger partial charge in [0.15, 0.2) is 5.69 Å². The second-order valence-electron chi connectivity index (χ2n) is 6.52. The van der Waals surface area contributed by atoms with E-state index in [4.69, 9.17) is 0 Å². The molecule has 0 aliphatic heterocycles. The van der Waals surface area contributed by atoms with Gasteiger partial charge in [0.2, 0.25) is 5.82 Å². The fourth-order valence-corrected chi connectivity index (χ4v) is 2.81. The maximum atomic E-state index is 12.9. The number of carbonyl (C=O) groups excluding carboxylic acids is 2. The Bertz CT molecular complexity index is 1070. The smallest absolute Gasteiger partial charge is 0.347 e. The lowest BCUT2D eigenvalue weighted by atomic mass is 10.2. The Morgan fingerprint density at radius 2 is 1.86 bits per heavy atom. The number of nitrogens with one attached hydrogen (secondary N) is 2. The zero-order valence-electron chi connectivity index (χ0n) is 14.5. The van der Waals surface area contributed by atoms with Crippen molar-refractivity contribution in [2.75, 3.05) is 5.32 Å². The summed E-state index contributed by atoms with van der Waals surface area (Å²) in [5.74, 6) is -1.05. The van der Waals surface area contributed by atoms with Crippen LogP contribution in [0.15, 0.2) is 48.7 Å². The number of fused-ring (bicyclic) bond motifs is 1. The molecule has 2 aromatic heterocycles. The van der Waals surface area contributed by atoms with Crippen molar-refractivity contribution in [2.24, 2.45) is 0 Å². The van der Waals surface area contributed by atoms with Crippen molar-refractivity contribution in [1.29, 1.82) is 0 Å². The Labute approximate surface area is 157 Å². The van der Waals surface area contributed by atoms with Crippen molar-refractivity contribution in [1.82, 2.24) is 14.7 Å². The van der Waals surface area contributed by atoms with E-state index in [1.54, 1.807) is 24.4 Å². The topological polar surface area (TPSA) is 75.5 Å². The maximum absolute atomic E-state index is 12.9. The molecule has 0 unspecified atom stereocenters. The molecule has 2 amide bonds. The number of aromatic nitrogens is 2. The fourth-order valence-electron chi connectivity index (χ4n) is 2.81. The van der Waals surface area contributed by atoms with Gasteiger partial charge in [0.05, 0.1) is 11.1 Å². The molecule has 0 saturated heterocycles. The van der Waals surface area contributed by atoms with Crippen LogP contribution in [0.3, 0.4) is 0 Å². The highest BCUT2D eigenvalue weighted by molar-refractivity contribution is 6.09. The van der Waals surface area contributed by atoms with Gasteiger partial charge in [-0.05, 0) is 43.2 Å². The Hall–Kier alpha value is -3.36. The summed E-state index contributed by atoms with van der Waals surface area (Å²) >= 11 is 0. The maximum Gasteiger partial charge on any atom is 0.416 e. The van der Waals surface area contributed by atoms with Crippen LogP contribution in [0.2, 0.25) is 0 Å². The van der Waals surface area contributed by atoms with E-state index in [1.165, 1.54) is 16.5 Å². The zero-order valence-corrected chi connectivity index (χ0v) is 14.5. The summed E-state index contributed by atoms with van der Waals surface area (Å²) < 4.78 is 40.1. The minimum Gasteiger partial charge on any atom is -0.347 e. The van der Waals surface area contributed by atoms with Crippen molar-refractivity contribution in [3.63, 3.8) is 0 Å². The molecule has 1 aliphatic carbocycles. The Balaban J connectivity index is 1.65. The molecule has 0 bridgehead atoms. The average molecular weight is 388 g/mol. The third-order valence-electron chi connectivity index (χ3n) is 4.33. The van der Waals surface area contributed by atoms with Gasteiger partial charge < -0.3 is 10.6 Å². The monoisotopic (exact) mass is 388 g/mol. The molecule has 0 radical (unpaired) electrons. The van der Waals surface area contributed by atoms with Gasteiger partial charge in [-0.2, -0.15) is 13.2 Å². The van der Waals surface area contributed by atoms with E-state index in [9.17, 15) is 22.8 Å². The molecule has 1 saturated carbocycles. The van der Waals surface area contributed by atoms with Gasteiger partial charge in [-0.25, -0.2) is 4.98 Å². The lowest BCUT2D eigenvalue weighted by Gasteiger charge is -2.09. The number of hydrogen-bond acceptors (Lipinski definition) is 3. The number of benzene rings is 1. The molecule has 1 aliphatic rings. The Morgan fingerprint density at radius 1 is 1.07 bits per heavy atom. The average Bonchev–Trinajstić information content (AvgIpc) is 3.38. The summed E-state index contributed by atoms with van der Waals surface area (Å²) in [5.41, 5.74) is -0.544. The first kappa shape index (κ1) is 18.0. The van der Waals surface area contributed by atoms with Gasteiger partial charge in [0, 0.05) is 17.9 Å². The zero-order chi connectivity index (χ0) is 19.9. The molecule has 1 aromatic carbocycles. The van der Waals surface area contributed by atoms with E-state index >= 15 is 0 Å². The van der Waals surface area contributed by atoms with Crippen LogP contribution in [-0.4, -0.2) is 27.2 Å². The number of imidazole rings is 1. The second kappa shape index (κ2) is 6.66. The summed E-state index contributed by atoms with van der Waals surface area (Å²) in [4.78, 5) is 29.2. The number of halogens is 3. The standard InChI is InChI=1S/C19H15F3N4O2/c20-19(21,22)11-4-3-5-13(10-11)24-17(27)15-14-6-1-2-9-26(14)16(25-15)18(28)23-12-7-8-12/h1-6,9-10,12H,7-8H2,(H,23,28)(H,24,27). The van der Waals surface area contributed by atoms with E-state index < -0.39 is 23.6 Å². The lowest BCUT2D eigenvalue weighted by Crippen LogP contribution is -2.27. The normalized spacial score (nSPS) is 14.1. The predicted octanol–water partition coefficient (Wildman–Crippen LogP) is 3.50. The molecule has 4 rings (SSSR count). The molecular weight excluding hydrogens is 373 g/mol. The Kier molecular flexibility index (Phi) is 4.29. The lowest BCUT2D eigenvalue weighted by molar-refractivity contribution is -0.137. The van der Waals surface area contributed by atoms with Crippen LogP contribution in [0.4, 0.5) is 18.9 Å². The molecule has 1 fully saturated rings. The minimum atomic E-state index is -4.52. The van der Waals surface area contributed by atoms with Crippen LogP contribution in [0, 0.1) is 0 Å². The predicted molar refractivity (Wildman–Crippen MR) is 95.1 cm³/mol. The minimum absolute atomic E-state index is 0.0131. The van der Waals surface area contributed by atoms with E-state index in [1.807, 2.05) is 0 Å². The van der Waals surface area contributed by atoms with Crippen molar-refractivity contribution in [2.45, 2.75) is 25.1 Å². The number of amides is 2. The summed E-state index contributed by atoms with van der Waals surface area (Å²) in [6.45, 7) is 0. The van der Waals surface area contributed by atoms with Crippen molar-refractivity contribution in [3.05, 3.63) is 65.7 Å². The number of carbonyl (C=O) groups is 2. The molecular formula is C19H15F3N4O2. The van der Waals surface area contributed by atoms with Crippen LogP contribution < -0.4 is 10.6 Å². The van der Waals surface area contributed by atoms with E-state index in [-0.39, 0.29) is 23.2 Å². The molecule has 3 aromatic rings. The van der Waals surface area contributed by atoms with Gasteiger partial charge in [0.1, 0.15) is 0 Å².